The molecule has 2 aromatic rings. The standard InChI is InChI=1S/C12H14BrN3O/c1-14-8-4-7-11-15-16-12(17-11)9-5-2-3-6-10(9)13/h2-3,5-6,14H,4,7-8H2,1H3. The van der Waals surface area contributed by atoms with Gasteiger partial charge in [0, 0.05) is 10.9 Å². The number of aryl methyl sites for hydroxylation is 1. The van der Waals surface area contributed by atoms with Gasteiger partial charge in [-0.2, -0.15) is 0 Å². The van der Waals surface area contributed by atoms with Gasteiger partial charge < -0.3 is 9.73 Å². The van der Waals surface area contributed by atoms with E-state index in [9.17, 15) is 0 Å². The molecule has 0 saturated carbocycles. The Bertz CT molecular complexity index is 484. The maximum Gasteiger partial charge on any atom is 0.248 e. The highest BCUT2D eigenvalue weighted by Crippen LogP contribution is 2.26. The summed E-state index contributed by atoms with van der Waals surface area (Å²) in [5.41, 5.74) is 0.930. The van der Waals surface area contributed by atoms with Crippen molar-refractivity contribution in [1.82, 2.24) is 15.5 Å². The van der Waals surface area contributed by atoms with Gasteiger partial charge in [-0.3, -0.25) is 0 Å². The third-order valence-electron chi connectivity index (χ3n) is 2.39. The maximum absolute atomic E-state index is 5.62. The van der Waals surface area contributed by atoms with Crippen molar-refractivity contribution < 1.29 is 4.42 Å². The molecule has 0 aliphatic rings. The minimum atomic E-state index is 0.567. The average molecular weight is 296 g/mol. The van der Waals surface area contributed by atoms with E-state index in [-0.39, 0.29) is 0 Å². The van der Waals surface area contributed by atoms with Crippen molar-refractivity contribution in [3.63, 3.8) is 0 Å². The fraction of sp³-hybridized carbons (Fsp3) is 0.333. The Hall–Kier alpha value is -1.20. The van der Waals surface area contributed by atoms with Crippen molar-refractivity contribution in [2.75, 3.05) is 13.6 Å². The lowest BCUT2D eigenvalue weighted by atomic mass is 10.2. The highest BCUT2D eigenvalue weighted by molar-refractivity contribution is 9.10. The molecule has 0 saturated heterocycles. The summed E-state index contributed by atoms with van der Waals surface area (Å²) in [4.78, 5) is 0. The van der Waals surface area contributed by atoms with Gasteiger partial charge >= 0.3 is 0 Å². The largest absolute Gasteiger partial charge is 0.421 e. The van der Waals surface area contributed by atoms with Gasteiger partial charge in [0.25, 0.3) is 0 Å². The first kappa shape index (κ1) is 12.3. The van der Waals surface area contributed by atoms with Crippen LogP contribution in [-0.2, 0) is 6.42 Å². The van der Waals surface area contributed by atoms with Crippen LogP contribution >= 0.6 is 15.9 Å². The topological polar surface area (TPSA) is 51.0 Å². The molecular weight excluding hydrogens is 282 g/mol. The molecule has 0 aliphatic carbocycles. The van der Waals surface area contributed by atoms with Crippen LogP contribution in [0.4, 0.5) is 0 Å². The van der Waals surface area contributed by atoms with Gasteiger partial charge in [0.2, 0.25) is 11.8 Å². The molecular formula is C12H14BrN3O. The molecule has 1 N–H and O–H groups in total. The van der Waals surface area contributed by atoms with Crippen molar-refractivity contribution in [1.29, 1.82) is 0 Å². The quantitative estimate of drug-likeness (QED) is 0.862. The molecule has 0 unspecified atom stereocenters. The van der Waals surface area contributed by atoms with E-state index in [1.807, 2.05) is 31.3 Å². The molecule has 0 bridgehead atoms. The summed E-state index contributed by atoms with van der Waals surface area (Å²) in [5, 5.41) is 11.2. The molecule has 0 radical (unpaired) electrons. The fourth-order valence-electron chi connectivity index (χ4n) is 1.51. The van der Waals surface area contributed by atoms with Crippen molar-refractivity contribution in [3.8, 4) is 11.5 Å². The summed E-state index contributed by atoms with van der Waals surface area (Å²) in [6, 6.07) is 7.82. The molecule has 1 aromatic carbocycles. The summed E-state index contributed by atoms with van der Waals surface area (Å²) in [5.74, 6) is 1.25. The predicted octanol–water partition coefficient (Wildman–Crippen LogP) is 2.65. The van der Waals surface area contributed by atoms with Crippen LogP contribution in [0.15, 0.2) is 33.2 Å². The van der Waals surface area contributed by atoms with Crippen molar-refractivity contribution in [2.45, 2.75) is 12.8 Å². The van der Waals surface area contributed by atoms with E-state index >= 15 is 0 Å². The van der Waals surface area contributed by atoms with E-state index in [2.05, 4.69) is 31.4 Å². The lowest BCUT2D eigenvalue weighted by Gasteiger charge is -1.97. The van der Waals surface area contributed by atoms with Gasteiger partial charge in [0.15, 0.2) is 0 Å². The molecule has 0 atom stereocenters. The van der Waals surface area contributed by atoms with Gasteiger partial charge in [-0.05, 0) is 48.1 Å². The molecule has 90 valence electrons. The van der Waals surface area contributed by atoms with E-state index < -0.39 is 0 Å². The first-order chi connectivity index (χ1) is 8.31. The minimum absolute atomic E-state index is 0.567. The Balaban J connectivity index is 2.10. The van der Waals surface area contributed by atoms with Crippen LogP contribution in [-0.4, -0.2) is 23.8 Å². The van der Waals surface area contributed by atoms with Gasteiger partial charge in [-0.1, -0.05) is 12.1 Å². The van der Waals surface area contributed by atoms with Crippen molar-refractivity contribution in [3.05, 3.63) is 34.6 Å². The zero-order valence-corrected chi connectivity index (χ0v) is 11.2. The maximum atomic E-state index is 5.62. The van der Waals surface area contributed by atoms with E-state index in [0.29, 0.717) is 11.8 Å². The van der Waals surface area contributed by atoms with E-state index in [0.717, 1.165) is 29.4 Å². The zero-order chi connectivity index (χ0) is 12.1. The van der Waals surface area contributed by atoms with Crippen molar-refractivity contribution >= 4 is 15.9 Å². The van der Waals surface area contributed by atoms with Crippen molar-refractivity contribution in [2.24, 2.45) is 0 Å². The normalized spacial score (nSPS) is 10.7. The van der Waals surface area contributed by atoms with Gasteiger partial charge in [0.1, 0.15) is 0 Å². The van der Waals surface area contributed by atoms with E-state index in [4.69, 9.17) is 4.42 Å². The second-order valence-corrected chi connectivity index (χ2v) is 4.54. The first-order valence-electron chi connectivity index (χ1n) is 5.53. The van der Waals surface area contributed by atoms with Gasteiger partial charge in [0.05, 0.1) is 5.56 Å². The number of rotatable bonds is 5. The third-order valence-corrected chi connectivity index (χ3v) is 3.08. The SMILES string of the molecule is CNCCCc1nnc(-c2ccccc2Br)o1. The molecule has 0 amide bonds. The predicted molar refractivity (Wildman–Crippen MR) is 69.7 cm³/mol. The van der Waals surface area contributed by atoms with Crippen LogP contribution in [0.25, 0.3) is 11.5 Å². The minimum Gasteiger partial charge on any atom is -0.421 e. The van der Waals surface area contributed by atoms with Crippen LogP contribution in [0.3, 0.4) is 0 Å². The number of nitrogens with zero attached hydrogens (tertiary/aromatic N) is 2. The Labute approximate surface area is 109 Å². The second kappa shape index (κ2) is 5.93. The molecule has 17 heavy (non-hydrogen) atoms. The zero-order valence-electron chi connectivity index (χ0n) is 9.61. The highest BCUT2D eigenvalue weighted by Gasteiger charge is 2.10. The smallest absolute Gasteiger partial charge is 0.248 e. The summed E-state index contributed by atoms with van der Waals surface area (Å²) in [6.07, 6.45) is 1.80. The van der Waals surface area contributed by atoms with E-state index in [1.165, 1.54) is 0 Å². The van der Waals surface area contributed by atoms with Crippen LogP contribution in [0.1, 0.15) is 12.3 Å². The number of aromatic nitrogens is 2. The number of hydrogen-bond acceptors (Lipinski definition) is 4. The summed E-state index contributed by atoms with van der Waals surface area (Å²) < 4.78 is 6.58. The number of nitrogens with one attached hydrogen (secondary N) is 1. The second-order valence-electron chi connectivity index (χ2n) is 3.69. The fourth-order valence-corrected chi connectivity index (χ4v) is 1.97. The molecule has 5 heteroatoms. The van der Waals surface area contributed by atoms with Gasteiger partial charge in [-0.15, -0.1) is 10.2 Å². The Morgan fingerprint density at radius 2 is 2.12 bits per heavy atom. The first-order valence-corrected chi connectivity index (χ1v) is 6.32. The van der Waals surface area contributed by atoms with Gasteiger partial charge in [-0.25, -0.2) is 0 Å². The number of benzene rings is 1. The molecule has 0 aliphatic heterocycles. The third kappa shape index (κ3) is 3.14. The average Bonchev–Trinajstić information content (AvgIpc) is 2.79. The molecule has 1 heterocycles. The van der Waals surface area contributed by atoms with Crippen LogP contribution < -0.4 is 5.32 Å². The van der Waals surface area contributed by atoms with Crippen LogP contribution in [0.2, 0.25) is 0 Å². The molecule has 4 nitrogen and oxygen atoms in total. The lowest BCUT2D eigenvalue weighted by Crippen LogP contribution is -2.08. The number of halogens is 1. The Morgan fingerprint density at radius 3 is 2.88 bits per heavy atom. The molecule has 0 spiro atoms. The monoisotopic (exact) mass is 295 g/mol. The summed E-state index contributed by atoms with van der Waals surface area (Å²) >= 11 is 3.47. The summed E-state index contributed by atoms with van der Waals surface area (Å²) in [7, 11) is 1.93. The lowest BCUT2D eigenvalue weighted by molar-refractivity contribution is 0.494. The molecule has 2 rings (SSSR count). The number of hydrogen-bond donors (Lipinski definition) is 1. The van der Waals surface area contributed by atoms with Crippen LogP contribution in [0, 0.1) is 0 Å². The molecule has 0 fully saturated rings. The molecule has 1 aromatic heterocycles. The van der Waals surface area contributed by atoms with Crippen LogP contribution in [0.5, 0.6) is 0 Å². The Kier molecular flexibility index (Phi) is 4.28. The summed E-state index contributed by atoms with van der Waals surface area (Å²) in [6.45, 7) is 0.951. The van der Waals surface area contributed by atoms with E-state index in [1.54, 1.807) is 0 Å². The Morgan fingerprint density at radius 1 is 1.29 bits per heavy atom. The highest BCUT2D eigenvalue weighted by atomic mass is 79.9.